The van der Waals surface area contributed by atoms with Crippen LogP contribution in [0.1, 0.15) is 16.8 Å². The molecule has 1 aliphatic rings. The second-order valence-corrected chi connectivity index (χ2v) is 7.00. The highest BCUT2D eigenvalue weighted by Crippen LogP contribution is 2.41. The molecule has 1 aromatic carbocycles. The molecule has 1 atom stereocenters. The second kappa shape index (κ2) is 6.75. The van der Waals surface area contributed by atoms with Crippen molar-refractivity contribution in [1.82, 2.24) is 14.9 Å². The number of likely N-dealkylation sites (N-methyl/N-ethyl adjacent to an activating group) is 1. The van der Waals surface area contributed by atoms with Crippen molar-refractivity contribution < 1.29 is 13.6 Å². The number of halogens is 2. The van der Waals surface area contributed by atoms with Gasteiger partial charge in [-0.25, -0.2) is 18.8 Å². The topological polar surface area (TPSA) is 84.5 Å². The van der Waals surface area contributed by atoms with Crippen LogP contribution in [0.4, 0.5) is 8.78 Å². The molecule has 0 aliphatic carbocycles. The summed E-state index contributed by atoms with van der Waals surface area (Å²) in [5.41, 5.74) is 7.51. The third-order valence-electron chi connectivity index (χ3n) is 4.70. The van der Waals surface area contributed by atoms with Gasteiger partial charge in [0.05, 0.1) is 16.9 Å². The number of hydrogen-bond donors (Lipinski definition) is 1. The molecule has 142 valence electrons. The first kappa shape index (κ1) is 18.2. The Kier molecular flexibility index (Phi) is 4.38. The zero-order valence-corrected chi connectivity index (χ0v) is 15.6. The van der Waals surface area contributed by atoms with E-state index in [-0.39, 0.29) is 17.2 Å². The predicted octanol–water partition coefficient (Wildman–Crippen LogP) is 2.84. The first-order chi connectivity index (χ1) is 13.5. The number of nitrogens with zero attached hydrogens (tertiary/aromatic N) is 4. The summed E-state index contributed by atoms with van der Waals surface area (Å²) in [7, 11) is 1.46. The third kappa shape index (κ3) is 2.66. The summed E-state index contributed by atoms with van der Waals surface area (Å²) < 4.78 is 28.2. The fraction of sp³-hybridized carbons (Fsp3) is 0.158. The molecule has 0 radical (unpaired) electrons. The fourth-order valence-electron chi connectivity index (χ4n) is 3.25. The molecule has 2 aromatic heterocycles. The average molecular weight is 399 g/mol. The molecule has 0 saturated carbocycles. The van der Waals surface area contributed by atoms with Crippen LogP contribution in [0.2, 0.25) is 0 Å². The molecule has 6 nitrogen and oxygen atoms in total. The Morgan fingerprint density at radius 2 is 2.07 bits per heavy atom. The van der Waals surface area contributed by atoms with E-state index in [1.54, 1.807) is 11.6 Å². The van der Waals surface area contributed by atoms with Crippen LogP contribution in [-0.2, 0) is 17.0 Å². The van der Waals surface area contributed by atoms with Crippen LogP contribution in [0.3, 0.4) is 0 Å². The highest BCUT2D eigenvalue weighted by Gasteiger charge is 2.51. The molecule has 28 heavy (non-hydrogen) atoms. The number of thiazole rings is 1. The zero-order chi connectivity index (χ0) is 19.9. The highest BCUT2D eigenvalue weighted by molar-refractivity contribution is 7.07. The van der Waals surface area contributed by atoms with Crippen molar-refractivity contribution in [2.45, 2.75) is 12.2 Å². The smallest absolute Gasteiger partial charge is 0.266 e. The Labute approximate surface area is 163 Å². The summed E-state index contributed by atoms with van der Waals surface area (Å²) in [6.07, 6.45) is 1.37. The highest BCUT2D eigenvalue weighted by atomic mass is 32.1. The van der Waals surface area contributed by atoms with Crippen molar-refractivity contribution in [3.8, 4) is 11.3 Å². The molecule has 0 fully saturated rings. The monoisotopic (exact) mass is 399 g/mol. The molecule has 1 unspecified atom stereocenters. The lowest BCUT2D eigenvalue weighted by Gasteiger charge is -2.27. The average Bonchev–Trinajstić information content (AvgIpc) is 3.32. The van der Waals surface area contributed by atoms with Crippen LogP contribution < -0.4 is 5.73 Å². The number of benzene rings is 1. The molecular weight excluding hydrogens is 384 g/mol. The Hall–Kier alpha value is -3.20. The predicted molar refractivity (Wildman–Crippen MR) is 102 cm³/mol. The van der Waals surface area contributed by atoms with E-state index in [9.17, 15) is 9.18 Å². The number of nitrogens with two attached hydrogens (primary N) is 1. The van der Waals surface area contributed by atoms with Crippen molar-refractivity contribution >= 4 is 23.2 Å². The number of carbonyl (C=O) groups excluding carboxylic acids is 1. The lowest BCUT2D eigenvalue weighted by atomic mass is 9.81. The van der Waals surface area contributed by atoms with Gasteiger partial charge in [0.25, 0.3) is 5.91 Å². The molecule has 0 saturated heterocycles. The van der Waals surface area contributed by atoms with Crippen LogP contribution in [0.5, 0.6) is 0 Å². The minimum atomic E-state index is -1.76. The maximum Gasteiger partial charge on any atom is 0.266 e. The van der Waals surface area contributed by atoms with Gasteiger partial charge in [0.2, 0.25) is 0 Å². The van der Waals surface area contributed by atoms with E-state index < -0.39 is 23.9 Å². The quantitative estimate of drug-likeness (QED) is 0.731. The summed E-state index contributed by atoms with van der Waals surface area (Å²) >= 11 is 1.40. The van der Waals surface area contributed by atoms with Gasteiger partial charge in [-0.2, -0.15) is 0 Å². The normalized spacial score (nSPS) is 19.2. The molecule has 4 rings (SSSR count). The number of hydrogen-bond acceptors (Lipinski definition) is 6. The van der Waals surface area contributed by atoms with Gasteiger partial charge in [-0.1, -0.05) is 0 Å². The van der Waals surface area contributed by atoms with Crippen molar-refractivity contribution in [2.75, 3.05) is 7.05 Å². The largest absolute Gasteiger partial charge is 0.369 e. The van der Waals surface area contributed by atoms with Gasteiger partial charge in [0.1, 0.15) is 12.5 Å². The van der Waals surface area contributed by atoms with Gasteiger partial charge in [-0.15, -0.1) is 11.3 Å². The molecule has 3 heterocycles. The van der Waals surface area contributed by atoms with Crippen LogP contribution >= 0.6 is 11.3 Å². The fourth-order valence-corrected chi connectivity index (χ4v) is 3.81. The van der Waals surface area contributed by atoms with E-state index >= 15 is 4.39 Å². The number of carbonyl (C=O) groups is 1. The first-order valence-corrected chi connectivity index (χ1v) is 9.25. The van der Waals surface area contributed by atoms with Gasteiger partial charge in [-0.05, 0) is 35.9 Å². The molecule has 3 aromatic rings. The lowest BCUT2D eigenvalue weighted by molar-refractivity contribution is -0.129. The van der Waals surface area contributed by atoms with E-state index in [2.05, 4.69) is 15.0 Å². The standard InChI is InChI=1S/C19H15F2N5OS/c1-26-17(27)19(25-18(26)22,12-4-5-23-13(7-12)8-20)14-6-11(2-3-15(14)21)16-9-28-10-24-16/h2-7,9-10H,8H2,1H3,(H2,22,25). The van der Waals surface area contributed by atoms with Crippen molar-refractivity contribution in [3.63, 3.8) is 0 Å². The Balaban J connectivity index is 2.01. The van der Waals surface area contributed by atoms with Crippen molar-refractivity contribution in [2.24, 2.45) is 10.7 Å². The van der Waals surface area contributed by atoms with E-state index in [0.29, 0.717) is 16.8 Å². The summed E-state index contributed by atoms with van der Waals surface area (Å²) in [4.78, 5) is 26.9. The Bertz CT molecular complexity index is 1090. The lowest BCUT2D eigenvalue weighted by Crippen LogP contribution is -2.41. The Morgan fingerprint density at radius 3 is 2.71 bits per heavy atom. The van der Waals surface area contributed by atoms with Crippen molar-refractivity contribution in [1.29, 1.82) is 0 Å². The summed E-state index contributed by atoms with van der Waals surface area (Å²) in [5.74, 6) is -1.21. The number of pyridine rings is 1. The van der Waals surface area contributed by atoms with Crippen LogP contribution in [0.15, 0.2) is 52.4 Å². The van der Waals surface area contributed by atoms with E-state index in [1.165, 1.54) is 48.8 Å². The maximum atomic E-state index is 15.0. The third-order valence-corrected chi connectivity index (χ3v) is 5.28. The molecule has 0 bridgehead atoms. The number of amides is 1. The van der Waals surface area contributed by atoms with Crippen LogP contribution in [0, 0.1) is 5.82 Å². The molecule has 0 spiro atoms. The van der Waals surface area contributed by atoms with E-state index in [1.807, 2.05) is 5.38 Å². The SMILES string of the molecule is CN1C(=O)C(c2ccnc(CF)c2)(c2cc(-c3cscn3)ccc2F)N=C1N. The van der Waals surface area contributed by atoms with E-state index in [0.717, 1.165) is 4.90 Å². The molecule has 1 amide bonds. The first-order valence-electron chi connectivity index (χ1n) is 8.31. The van der Waals surface area contributed by atoms with Crippen molar-refractivity contribution in [3.05, 3.63) is 70.1 Å². The summed E-state index contributed by atoms with van der Waals surface area (Å²) in [6, 6.07) is 7.30. The number of alkyl halides is 1. The van der Waals surface area contributed by atoms with E-state index in [4.69, 9.17) is 5.73 Å². The Morgan fingerprint density at radius 1 is 1.25 bits per heavy atom. The van der Waals surface area contributed by atoms with Gasteiger partial charge in [-0.3, -0.25) is 14.7 Å². The van der Waals surface area contributed by atoms with Crippen LogP contribution in [-0.4, -0.2) is 33.8 Å². The number of rotatable bonds is 4. The minimum absolute atomic E-state index is 0.0197. The number of aromatic nitrogens is 2. The summed E-state index contributed by atoms with van der Waals surface area (Å²) in [6.45, 7) is -0.825. The van der Waals surface area contributed by atoms with Gasteiger partial charge >= 0.3 is 0 Å². The zero-order valence-electron chi connectivity index (χ0n) is 14.8. The molecule has 2 N–H and O–H groups in total. The minimum Gasteiger partial charge on any atom is -0.369 e. The second-order valence-electron chi connectivity index (χ2n) is 6.28. The number of aliphatic imine (C=N–C) groups is 1. The van der Waals surface area contributed by atoms with Gasteiger partial charge < -0.3 is 5.73 Å². The summed E-state index contributed by atoms with van der Waals surface area (Å²) in [5, 5.41) is 1.82. The van der Waals surface area contributed by atoms with Gasteiger partial charge in [0, 0.05) is 29.8 Å². The molecule has 1 aliphatic heterocycles. The molecule has 9 heteroatoms. The molecular formula is C19H15F2N5OS. The van der Waals surface area contributed by atoms with Gasteiger partial charge in [0.15, 0.2) is 11.5 Å². The number of guanidine groups is 1. The van der Waals surface area contributed by atoms with Crippen LogP contribution in [0.25, 0.3) is 11.3 Å². The maximum absolute atomic E-state index is 15.0.